The lowest BCUT2D eigenvalue weighted by Crippen LogP contribution is -2.32. The second-order valence-electron chi connectivity index (χ2n) is 6.70. The predicted octanol–water partition coefficient (Wildman–Crippen LogP) is 3.55. The van der Waals surface area contributed by atoms with Crippen molar-refractivity contribution in [3.63, 3.8) is 0 Å². The maximum Gasteiger partial charge on any atom is 0.407 e. The average molecular weight is 313 g/mol. The van der Waals surface area contributed by atoms with Crippen LogP contribution in [-0.4, -0.2) is 24.0 Å². The van der Waals surface area contributed by atoms with Gasteiger partial charge in [-0.25, -0.2) is 4.79 Å². The highest BCUT2D eigenvalue weighted by molar-refractivity contribution is 5.99. The van der Waals surface area contributed by atoms with Crippen LogP contribution in [0.15, 0.2) is 24.3 Å². The quantitative estimate of drug-likeness (QED) is 0.525. The molecule has 1 aromatic carbocycles. The Morgan fingerprint density at radius 3 is 2.43 bits per heavy atom. The molecule has 2 rings (SSSR count). The Morgan fingerprint density at radius 1 is 1.22 bits per heavy atom. The molecule has 0 bridgehead atoms. The average Bonchev–Trinajstić information content (AvgIpc) is 3.29. The number of hydrogen-bond acceptors (Lipinski definition) is 3. The number of ether oxygens (including phenoxy) is 1. The van der Waals surface area contributed by atoms with E-state index in [4.69, 9.17) is 4.74 Å². The maximum atomic E-state index is 11.9. The van der Waals surface area contributed by atoms with E-state index in [0.717, 1.165) is 24.0 Å². The summed E-state index contributed by atoms with van der Waals surface area (Å²) in [5, 5.41) is 2.66. The van der Waals surface area contributed by atoms with E-state index in [1.807, 2.05) is 45.0 Å². The molecule has 4 nitrogen and oxygen atoms in total. The number of amides is 1. The summed E-state index contributed by atoms with van der Waals surface area (Å²) in [6.45, 7) is 5.91. The SMILES string of the molecule is CC(C)(C)OC(=O)NCCC#Cc1ccc(C(=O)C2CC2)cc1. The van der Waals surface area contributed by atoms with Gasteiger partial charge in [0.1, 0.15) is 5.60 Å². The molecule has 0 radical (unpaired) electrons. The van der Waals surface area contributed by atoms with Crippen LogP contribution in [0.2, 0.25) is 0 Å². The summed E-state index contributed by atoms with van der Waals surface area (Å²) in [6.07, 6.45) is 2.15. The highest BCUT2D eigenvalue weighted by Gasteiger charge is 2.30. The van der Waals surface area contributed by atoms with E-state index in [9.17, 15) is 9.59 Å². The second-order valence-corrected chi connectivity index (χ2v) is 6.70. The molecular formula is C19H23NO3. The first-order chi connectivity index (χ1) is 10.8. The van der Waals surface area contributed by atoms with Crippen LogP contribution in [0.4, 0.5) is 4.79 Å². The largest absolute Gasteiger partial charge is 0.444 e. The number of benzene rings is 1. The summed E-state index contributed by atoms with van der Waals surface area (Å²) in [6, 6.07) is 7.40. The van der Waals surface area contributed by atoms with Crippen molar-refractivity contribution in [2.24, 2.45) is 5.92 Å². The zero-order chi connectivity index (χ0) is 16.9. The number of Topliss-reactive ketones (excluding diaryl/α,β-unsaturated/α-hetero) is 1. The molecule has 0 atom stereocenters. The highest BCUT2D eigenvalue weighted by atomic mass is 16.6. The molecule has 0 saturated heterocycles. The second kappa shape index (κ2) is 7.32. The van der Waals surface area contributed by atoms with Gasteiger partial charge in [-0.1, -0.05) is 24.0 Å². The van der Waals surface area contributed by atoms with Gasteiger partial charge in [0.25, 0.3) is 0 Å². The molecule has 0 aromatic heterocycles. The molecule has 1 aliphatic rings. The summed E-state index contributed by atoms with van der Waals surface area (Å²) in [5.74, 6) is 6.51. The molecule has 1 aliphatic carbocycles. The van der Waals surface area contributed by atoms with Gasteiger partial charge in [0, 0.05) is 30.0 Å². The molecule has 1 N–H and O–H groups in total. The number of nitrogens with one attached hydrogen (secondary N) is 1. The zero-order valence-electron chi connectivity index (χ0n) is 13.9. The number of carbonyl (C=O) groups is 2. The highest BCUT2D eigenvalue weighted by Crippen LogP contribution is 2.32. The Hall–Kier alpha value is -2.28. The molecule has 0 unspecified atom stereocenters. The third-order valence-corrected chi connectivity index (χ3v) is 3.27. The number of carbonyl (C=O) groups excluding carboxylic acids is 2. The van der Waals surface area contributed by atoms with Crippen LogP contribution in [0.1, 0.15) is 56.0 Å². The molecule has 0 aliphatic heterocycles. The minimum absolute atomic E-state index is 0.242. The van der Waals surface area contributed by atoms with Crippen molar-refractivity contribution in [3.8, 4) is 11.8 Å². The van der Waals surface area contributed by atoms with Gasteiger partial charge in [-0.3, -0.25) is 4.79 Å². The molecule has 4 heteroatoms. The monoisotopic (exact) mass is 313 g/mol. The van der Waals surface area contributed by atoms with Crippen LogP contribution in [-0.2, 0) is 4.74 Å². The van der Waals surface area contributed by atoms with Gasteiger partial charge < -0.3 is 10.1 Å². The van der Waals surface area contributed by atoms with Gasteiger partial charge in [0.05, 0.1) is 0 Å². The van der Waals surface area contributed by atoms with Crippen LogP contribution in [0.25, 0.3) is 0 Å². The van der Waals surface area contributed by atoms with E-state index >= 15 is 0 Å². The van der Waals surface area contributed by atoms with Crippen LogP contribution in [0, 0.1) is 17.8 Å². The topological polar surface area (TPSA) is 55.4 Å². The molecule has 1 aromatic rings. The first kappa shape index (κ1) is 17.1. The van der Waals surface area contributed by atoms with E-state index in [-0.39, 0.29) is 11.7 Å². The van der Waals surface area contributed by atoms with Gasteiger partial charge in [-0.05, 0) is 45.7 Å². The van der Waals surface area contributed by atoms with E-state index in [1.165, 1.54) is 0 Å². The third kappa shape index (κ3) is 6.15. The number of hydrogen-bond donors (Lipinski definition) is 1. The van der Waals surface area contributed by atoms with Gasteiger partial charge >= 0.3 is 6.09 Å². The number of alkyl carbamates (subject to hydrolysis) is 1. The molecule has 122 valence electrons. The fraction of sp³-hybridized carbons (Fsp3) is 0.474. The molecule has 0 heterocycles. The summed E-state index contributed by atoms with van der Waals surface area (Å²) in [5.41, 5.74) is 1.15. The Morgan fingerprint density at radius 2 is 1.87 bits per heavy atom. The summed E-state index contributed by atoms with van der Waals surface area (Å²) < 4.78 is 5.13. The van der Waals surface area contributed by atoms with Gasteiger partial charge in [-0.2, -0.15) is 0 Å². The van der Waals surface area contributed by atoms with Gasteiger partial charge in [0.15, 0.2) is 5.78 Å². The van der Waals surface area contributed by atoms with Crippen molar-refractivity contribution in [3.05, 3.63) is 35.4 Å². The minimum atomic E-state index is -0.491. The van der Waals surface area contributed by atoms with E-state index in [2.05, 4.69) is 17.2 Å². The van der Waals surface area contributed by atoms with Crippen molar-refractivity contribution < 1.29 is 14.3 Å². The number of ketones is 1. The van der Waals surface area contributed by atoms with Crippen molar-refractivity contribution in [2.75, 3.05) is 6.54 Å². The van der Waals surface area contributed by atoms with Crippen molar-refractivity contribution in [1.29, 1.82) is 0 Å². The molecule has 0 spiro atoms. The van der Waals surface area contributed by atoms with Crippen LogP contribution in [0.3, 0.4) is 0 Å². The van der Waals surface area contributed by atoms with E-state index in [1.54, 1.807) is 0 Å². The predicted molar refractivity (Wildman–Crippen MR) is 89.2 cm³/mol. The Kier molecular flexibility index (Phi) is 5.44. The van der Waals surface area contributed by atoms with Crippen LogP contribution >= 0.6 is 0 Å². The summed E-state index contributed by atoms with van der Waals surface area (Å²) in [7, 11) is 0. The zero-order valence-corrected chi connectivity index (χ0v) is 13.9. The van der Waals surface area contributed by atoms with Gasteiger partial charge in [0.2, 0.25) is 0 Å². The fourth-order valence-corrected chi connectivity index (χ4v) is 2.00. The molecular weight excluding hydrogens is 290 g/mol. The Bertz CT molecular complexity index is 625. The third-order valence-electron chi connectivity index (χ3n) is 3.27. The molecule has 23 heavy (non-hydrogen) atoms. The first-order valence-electron chi connectivity index (χ1n) is 7.95. The smallest absolute Gasteiger partial charge is 0.407 e. The Labute approximate surface area is 137 Å². The lowest BCUT2D eigenvalue weighted by atomic mass is 10.1. The van der Waals surface area contributed by atoms with Gasteiger partial charge in [-0.15, -0.1) is 0 Å². The lowest BCUT2D eigenvalue weighted by molar-refractivity contribution is 0.0529. The van der Waals surface area contributed by atoms with Crippen LogP contribution in [0.5, 0.6) is 0 Å². The van der Waals surface area contributed by atoms with Crippen molar-refractivity contribution in [1.82, 2.24) is 5.32 Å². The maximum absolute atomic E-state index is 11.9. The Balaban J connectivity index is 1.74. The van der Waals surface area contributed by atoms with Crippen molar-refractivity contribution in [2.45, 2.75) is 45.6 Å². The summed E-state index contributed by atoms with van der Waals surface area (Å²) >= 11 is 0. The van der Waals surface area contributed by atoms with Crippen molar-refractivity contribution >= 4 is 11.9 Å². The number of rotatable bonds is 4. The minimum Gasteiger partial charge on any atom is -0.444 e. The molecule has 1 amide bonds. The molecule has 1 saturated carbocycles. The van der Waals surface area contributed by atoms with E-state index < -0.39 is 11.7 Å². The first-order valence-corrected chi connectivity index (χ1v) is 7.95. The fourth-order valence-electron chi connectivity index (χ4n) is 2.00. The normalized spacial score (nSPS) is 13.7. The lowest BCUT2D eigenvalue weighted by Gasteiger charge is -2.19. The van der Waals surface area contributed by atoms with E-state index in [0.29, 0.717) is 13.0 Å². The standard InChI is InChI=1S/C19H23NO3/c1-19(2,3)23-18(22)20-13-5-4-6-14-7-9-15(10-8-14)17(21)16-11-12-16/h7-10,16H,5,11-13H2,1-3H3,(H,20,22). The molecule has 1 fully saturated rings. The summed E-state index contributed by atoms with van der Waals surface area (Å²) in [4.78, 5) is 23.3. The van der Waals surface area contributed by atoms with Crippen LogP contribution < -0.4 is 5.32 Å².